The van der Waals surface area contributed by atoms with Crippen molar-refractivity contribution in [3.8, 4) is 11.1 Å². The van der Waals surface area contributed by atoms with Crippen LogP contribution in [0.5, 0.6) is 0 Å². The minimum atomic E-state index is -0.176. The van der Waals surface area contributed by atoms with Crippen LogP contribution in [0.15, 0.2) is 49.2 Å². The summed E-state index contributed by atoms with van der Waals surface area (Å²) in [6, 6.07) is 8.13. The number of fused-ring (bicyclic) bond motifs is 1. The Balaban J connectivity index is 1.37. The maximum Gasteiger partial charge on any atom is 0.225 e. The van der Waals surface area contributed by atoms with Gasteiger partial charge in [0.1, 0.15) is 6.10 Å². The number of carbonyl (C=O) groups is 1. The standard InChI is InChI=1S/C22H24N4O2/c1-15-9-18(10-15)22(27)25-7-8-28-20(13-25)21-19-5-4-17(12-26(19)14-24-21)16-3-2-6-23-11-16/h2-6,11-12,14-15,18,20H,7-10,13H2,1H3. The minimum absolute atomic E-state index is 0.176. The van der Waals surface area contributed by atoms with Gasteiger partial charge in [0.05, 0.1) is 30.7 Å². The molecule has 0 radical (unpaired) electrons. The van der Waals surface area contributed by atoms with Crippen molar-refractivity contribution < 1.29 is 9.53 Å². The number of hydrogen-bond acceptors (Lipinski definition) is 4. The van der Waals surface area contributed by atoms with Gasteiger partial charge >= 0.3 is 0 Å². The molecule has 1 amide bonds. The van der Waals surface area contributed by atoms with Gasteiger partial charge in [0.25, 0.3) is 0 Å². The lowest BCUT2D eigenvalue weighted by Crippen LogP contribution is -2.47. The first kappa shape index (κ1) is 17.4. The average Bonchev–Trinajstić information content (AvgIpc) is 3.15. The molecule has 28 heavy (non-hydrogen) atoms. The molecule has 3 aromatic heterocycles. The fourth-order valence-corrected chi connectivity index (χ4v) is 4.35. The van der Waals surface area contributed by atoms with Crippen molar-refractivity contribution in [2.24, 2.45) is 11.8 Å². The molecule has 2 aliphatic rings. The summed E-state index contributed by atoms with van der Waals surface area (Å²) in [5.74, 6) is 1.17. The summed E-state index contributed by atoms with van der Waals surface area (Å²) < 4.78 is 8.02. The Bertz CT molecular complexity index is 994. The summed E-state index contributed by atoms with van der Waals surface area (Å²) in [5.41, 5.74) is 4.08. The molecule has 1 atom stereocenters. The van der Waals surface area contributed by atoms with Crippen molar-refractivity contribution in [3.63, 3.8) is 0 Å². The Morgan fingerprint density at radius 1 is 1.21 bits per heavy atom. The first-order chi connectivity index (χ1) is 13.7. The molecular weight excluding hydrogens is 352 g/mol. The number of nitrogens with zero attached hydrogens (tertiary/aromatic N) is 4. The van der Waals surface area contributed by atoms with Crippen molar-refractivity contribution in [3.05, 3.63) is 54.9 Å². The molecule has 1 saturated carbocycles. The monoisotopic (exact) mass is 376 g/mol. The van der Waals surface area contributed by atoms with Crippen LogP contribution in [0.3, 0.4) is 0 Å². The molecule has 2 fully saturated rings. The fourth-order valence-electron chi connectivity index (χ4n) is 4.35. The van der Waals surface area contributed by atoms with E-state index in [9.17, 15) is 4.79 Å². The van der Waals surface area contributed by atoms with Crippen LogP contribution >= 0.6 is 0 Å². The molecule has 4 heterocycles. The quantitative estimate of drug-likeness (QED) is 0.703. The first-order valence-electron chi connectivity index (χ1n) is 9.96. The molecule has 144 valence electrons. The van der Waals surface area contributed by atoms with E-state index in [4.69, 9.17) is 4.74 Å². The maximum absolute atomic E-state index is 12.7. The van der Waals surface area contributed by atoms with Crippen molar-refractivity contribution in [2.75, 3.05) is 19.7 Å². The molecule has 6 heteroatoms. The number of pyridine rings is 2. The number of imidazole rings is 1. The molecule has 3 aromatic rings. The van der Waals surface area contributed by atoms with E-state index in [1.807, 2.05) is 34.0 Å². The largest absolute Gasteiger partial charge is 0.368 e. The van der Waals surface area contributed by atoms with Crippen molar-refractivity contribution in [2.45, 2.75) is 25.9 Å². The molecular formula is C22H24N4O2. The summed E-state index contributed by atoms with van der Waals surface area (Å²) in [6.07, 6.45) is 9.37. The SMILES string of the molecule is CC1CC(C(=O)N2CCOC(c3ncn4cc(-c5cccnc5)ccc34)C2)C1. The van der Waals surface area contributed by atoms with Gasteiger partial charge in [-0.15, -0.1) is 0 Å². The van der Waals surface area contributed by atoms with Gasteiger partial charge in [-0.1, -0.05) is 19.1 Å². The third kappa shape index (κ3) is 3.07. The highest BCUT2D eigenvalue weighted by molar-refractivity contribution is 5.80. The lowest BCUT2D eigenvalue weighted by molar-refractivity contribution is -0.147. The van der Waals surface area contributed by atoms with Crippen LogP contribution in [0.1, 0.15) is 31.6 Å². The first-order valence-corrected chi connectivity index (χ1v) is 9.96. The van der Waals surface area contributed by atoms with Crippen LogP contribution in [0.2, 0.25) is 0 Å². The number of morpholine rings is 1. The molecule has 0 N–H and O–H groups in total. The number of aromatic nitrogens is 3. The zero-order valence-electron chi connectivity index (χ0n) is 16.0. The van der Waals surface area contributed by atoms with Gasteiger partial charge < -0.3 is 14.0 Å². The molecule has 5 rings (SSSR count). The van der Waals surface area contributed by atoms with Crippen LogP contribution < -0.4 is 0 Å². The Kier molecular flexibility index (Phi) is 4.36. The molecule has 0 bridgehead atoms. The number of hydrogen-bond donors (Lipinski definition) is 0. The van der Waals surface area contributed by atoms with Gasteiger partial charge in [-0.25, -0.2) is 4.98 Å². The lowest BCUT2D eigenvalue weighted by atomic mass is 9.75. The van der Waals surface area contributed by atoms with E-state index in [2.05, 4.69) is 35.2 Å². The normalized spacial score (nSPS) is 24.9. The van der Waals surface area contributed by atoms with Crippen LogP contribution in [-0.4, -0.2) is 44.9 Å². The van der Waals surface area contributed by atoms with E-state index in [1.165, 1.54) is 0 Å². The van der Waals surface area contributed by atoms with Crippen molar-refractivity contribution in [1.82, 2.24) is 19.3 Å². The van der Waals surface area contributed by atoms with Crippen LogP contribution in [0.4, 0.5) is 0 Å². The highest BCUT2D eigenvalue weighted by Gasteiger charge is 2.37. The topological polar surface area (TPSA) is 59.7 Å². The van der Waals surface area contributed by atoms with E-state index in [0.29, 0.717) is 25.6 Å². The van der Waals surface area contributed by atoms with Crippen LogP contribution in [0.25, 0.3) is 16.6 Å². The Hall–Kier alpha value is -2.73. The summed E-state index contributed by atoms with van der Waals surface area (Å²) in [5, 5.41) is 0. The Morgan fingerprint density at radius 3 is 2.89 bits per heavy atom. The summed E-state index contributed by atoms with van der Waals surface area (Å²) in [7, 11) is 0. The molecule has 1 unspecified atom stereocenters. The van der Waals surface area contributed by atoms with Crippen LogP contribution in [0, 0.1) is 11.8 Å². The number of amides is 1. The van der Waals surface area contributed by atoms with E-state index in [-0.39, 0.29) is 17.9 Å². The summed E-state index contributed by atoms with van der Waals surface area (Å²) in [4.78, 5) is 23.5. The predicted octanol–water partition coefficient (Wildman–Crippen LogP) is 3.34. The highest BCUT2D eigenvalue weighted by atomic mass is 16.5. The Labute approximate surface area is 164 Å². The van der Waals surface area contributed by atoms with Gasteiger partial charge in [0, 0.05) is 36.6 Å². The molecule has 1 saturated heterocycles. The summed E-state index contributed by atoms with van der Waals surface area (Å²) >= 11 is 0. The van der Waals surface area contributed by atoms with Gasteiger partial charge in [-0.2, -0.15) is 0 Å². The number of ether oxygens (including phenoxy) is 1. The Morgan fingerprint density at radius 2 is 2.11 bits per heavy atom. The lowest BCUT2D eigenvalue weighted by Gasteiger charge is -2.39. The van der Waals surface area contributed by atoms with E-state index >= 15 is 0 Å². The summed E-state index contributed by atoms with van der Waals surface area (Å²) in [6.45, 7) is 4.03. The van der Waals surface area contributed by atoms with Gasteiger partial charge in [0.15, 0.2) is 0 Å². The second-order valence-electron chi connectivity index (χ2n) is 8.00. The fraction of sp³-hybridized carbons (Fsp3) is 0.409. The second-order valence-corrected chi connectivity index (χ2v) is 8.00. The number of carbonyl (C=O) groups excluding carboxylic acids is 1. The van der Waals surface area contributed by atoms with E-state index in [1.54, 1.807) is 6.20 Å². The van der Waals surface area contributed by atoms with Crippen molar-refractivity contribution in [1.29, 1.82) is 0 Å². The smallest absolute Gasteiger partial charge is 0.225 e. The zero-order chi connectivity index (χ0) is 19.1. The molecule has 0 aromatic carbocycles. The van der Waals surface area contributed by atoms with Crippen LogP contribution in [-0.2, 0) is 9.53 Å². The van der Waals surface area contributed by atoms with Crippen molar-refractivity contribution >= 4 is 11.4 Å². The van der Waals surface area contributed by atoms with E-state index < -0.39 is 0 Å². The average molecular weight is 376 g/mol. The van der Waals surface area contributed by atoms with Gasteiger partial charge in [0.2, 0.25) is 5.91 Å². The molecule has 0 spiro atoms. The highest BCUT2D eigenvalue weighted by Crippen LogP contribution is 2.35. The molecule has 1 aliphatic heterocycles. The van der Waals surface area contributed by atoms with Gasteiger partial charge in [-0.3, -0.25) is 9.78 Å². The second kappa shape index (κ2) is 7.02. The minimum Gasteiger partial charge on any atom is -0.368 e. The maximum atomic E-state index is 12.7. The molecule has 6 nitrogen and oxygen atoms in total. The van der Waals surface area contributed by atoms with Gasteiger partial charge in [-0.05, 0) is 36.5 Å². The third-order valence-electron chi connectivity index (χ3n) is 5.96. The predicted molar refractivity (Wildman–Crippen MR) is 106 cm³/mol. The zero-order valence-corrected chi connectivity index (χ0v) is 16.0. The van der Waals surface area contributed by atoms with E-state index in [0.717, 1.165) is 35.2 Å². The molecule has 1 aliphatic carbocycles. The third-order valence-corrected chi connectivity index (χ3v) is 5.96. The number of rotatable bonds is 3.